The van der Waals surface area contributed by atoms with Crippen molar-refractivity contribution in [3.05, 3.63) is 23.8 Å². The van der Waals surface area contributed by atoms with Crippen molar-refractivity contribution >= 4 is 24.0 Å². The topological polar surface area (TPSA) is 50.4 Å². The highest BCUT2D eigenvalue weighted by Gasteiger charge is 2.48. The van der Waals surface area contributed by atoms with Crippen LogP contribution in [0.3, 0.4) is 0 Å². The van der Waals surface area contributed by atoms with Crippen LogP contribution in [0, 0.1) is 0 Å². The van der Waals surface area contributed by atoms with E-state index in [0.717, 1.165) is 0 Å². The van der Waals surface area contributed by atoms with Gasteiger partial charge in [0.1, 0.15) is 12.4 Å². The number of ether oxygens (including phenoxy) is 1. The van der Waals surface area contributed by atoms with Gasteiger partial charge in [0.2, 0.25) is 0 Å². The minimum absolute atomic E-state index is 0. The van der Waals surface area contributed by atoms with E-state index in [1.165, 1.54) is 18.2 Å². The van der Waals surface area contributed by atoms with Crippen LogP contribution in [-0.4, -0.2) is 31.4 Å². The molecule has 1 aliphatic rings. The number of anilines is 1. The fourth-order valence-corrected chi connectivity index (χ4v) is 1.71. The van der Waals surface area contributed by atoms with Gasteiger partial charge in [-0.2, -0.15) is 8.78 Å². The van der Waals surface area contributed by atoms with Crippen molar-refractivity contribution in [3.8, 4) is 5.75 Å². The third-order valence-electron chi connectivity index (χ3n) is 2.75. The molecule has 118 valence electrons. The van der Waals surface area contributed by atoms with E-state index in [1.807, 2.05) is 0 Å². The predicted molar refractivity (Wildman–Crippen MR) is 70.5 cm³/mol. The average Bonchev–Trinajstić information content (AvgIpc) is 2.63. The molecule has 0 aromatic heterocycles. The monoisotopic (exact) mass is 328 g/mol. The van der Waals surface area contributed by atoms with Crippen molar-refractivity contribution in [1.82, 2.24) is 5.32 Å². The Kier molecular flexibility index (Phi) is 5.79. The van der Waals surface area contributed by atoms with Gasteiger partial charge >= 0.3 is 18.3 Å². The molecule has 2 N–H and O–H groups in total. The summed E-state index contributed by atoms with van der Waals surface area (Å²) < 4.78 is 55.1. The highest BCUT2D eigenvalue weighted by Crippen LogP contribution is 2.27. The van der Waals surface area contributed by atoms with Crippen LogP contribution in [-0.2, 0) is 11.3 Å². The number of alkyl halides is 4. The first-order valence-corrected chi connectivity index (χ1v) is 5.85. The molecule has 1 aromatic rings. The molecule has 0 aliphatic carbocycles. The van der Waals surface area contributed by atoms with Gasteiger partial charge in [-0.1, -0.05) is 0 Å². The number of hydrogen-bond acceptors (Lipinski definition) is 3. The van der Waals surface area contributed by atoms with E-state index in [-0.39, 0.29) is 18.1 Å². The molecular formula is C12H13ClF4N2O2. The maximum atomic E-state index is 12.8. The summed E-state index contributed by atoms with van der Waals surface area (Å²) in [4.78, 5) is 11.1. The van der Waals surface area contributed by atoms with Crippen LogP contribution in [0.5, 0.6) is 5.75 Å². The molecule has 0 unspecified atom stereocenters. The molecule has 21 heavy (non-hydrogen) atoms. The predicted octanol–water partition coefficient (Wildman–Crippen LogP) is 2.43. The van der Waals surface area contributed by atoms with Crippen molar-refractivity contribution < 1.29 is 27.1 Å². The fourth-order valence-electron chi connectivity index (χ4n) is 1.71. The average molecular weight is 329 g/mol. The van der Waals surface area contributed by atoms with E-state index in [9.17, 15) is 22.4 Å². The van der Waals surface area contributed by atoms with E-state index >= 15 is 0 Å². The summed E-state index contributed by atoms with van der Waals surface area (Å²) in [6, 6.07) is 4.23. The Morgan fingerprint density at radius 3 is 2.76 bits per heavy atom. The zero-order chi connectivity index (χ0) is 14.8. The van der Waals surface area contributed by atoms with Gasteiger partial charge in [-0.3, -0.25) is 4.79 Å². The molecule has 0 bridgehead atoms. The maximum Gasteiger partial charge on any atom is 0.383 e. The number of nitrogens with one attached hydrogen (secondary N) is 2. The van der Waals surface area contributed by atoms with Crippen molar-refractivity contribution in [2.24, 2.45) is 0 Å². The van der Waals surface area contributed by atoms with Crippen LogP contribution in [0.2, 0.25) is 0 Å². The normalized spacial score (nSPS) is 14.5. The van der Waals surface area contributed by atoms with Gasteiger partial charge in [0.15, 0.2) is 0 Å². The van der Waals surface area contributed by atoms with E-state index in [4.69, 9.17) is 4.74 Å². The Labute approximate surface area is 124 Å². The number of halogens is 5. The Morgan fingerprint density at radius 2 is 2.10 bits per heavy atom. The molecule has 0 spiro atoms. The molecule has 0 saturated carbocycles. The van der Waals surface area contributed by atoms with E-state index in [2.05, 4.69) is 5.32 Å². The van der Waals surface area contributed by atoms with Gasteiger partial charge < -0.3 is 15.4 Å². The smallest absolute Gasteiger partial charge is 0.383 e. The third kappa shape index (κ3) is 3.98. The fraction of sp³-hybridized carbons (Fsp3) is 0.417. The van der Waals surface area contributed by atoms with Crippen molar-refractivity contribution in [2.45, 2.75) is 18.9 Å². The lowest BCUT2D eigenvalue weighted by Gasteiger charge is -2.15. The van der Waals surface area contributed by atoms with Crippen LogP contribution in [0.4, 0.5) is 23.2 Å². The van der Waals surface area contributed by atoms with Gasteiger partial charge in [-0.05, 0) is 18.2 Å². The summed E-state index contributed by atoms with van der Waals surface area (Å²) in [6.07, 6.45) is -4.05. The largest absolute Gasteiger partial charge is 0.492 e. The Bertz CT molecular complexity index is 514. The van der Waals surface area contributed by atoms with Crippen molar-refractivity contribution in [1.29, 1.82) is 0 Å². The van der Waals surface area contributed by atoms with Crippen molar-refractivity contribution in [2.75, 3.05) is 18.5 Å². The number of amides is 1. The van der Waals surface area contributed by atoms with Crippen molar-refractivity contribution in [3.63, 3.8) is 0 Å². The van der Waals surface area contributed by atoms with Gasteiger partial charge in [-0.15, -0.1) is 12.4 Å². The first-order valence-electron chi connectivity index (χ1n) is 5.85. The summed E-state index contributed by atoms with van der Waals surface area (Å²) in [6.45, 7) is 1.52. The molecule has 0 radical (unpaired) electrons. The summed E-state index contributed by atoms with van der Waals surface area (Å²) in [5.74, 6) is -6.19. The SMILES string of the molecule is Cl.O=C(Nc1ccc2c(c1)CNCCO2)C(F)(F)C(F)F. The summed E-state index contributed by atoms with van der Waals surface area (Å²) in [7, 11) is 0. The number of rotatable bonds is 3. The minimum Gasteiger partial charge on any atom is -0.492 e. The molecule has 1 amide bonds. The van der Waals surface area contributed by atoms with Gasteiger partial charge in [0, 0.05) is 24.3 Å². The number of carbonyl (C=O) groups is 1. The Hall–Kier alpha value is -1.54. The number of carbonyl (C=O) groups excluding carboxylic acids is 1. The quantitative estimate of drug-likeness (QED) is 0.838. The zero-order valence-electron chi connectivity index (χ0n) is 10.7. The highest BCUT2D eigenvalue weighted by atomic mass is 35.5. The molecular weight excluding hydrogens is 316 g/mol. The lowest BCUT2D eigenvalue weighted by molar-refractivity contribution is -0.163. The van der Waals surface area contributed by atoms with E-state index < -0.39 is 18.3 Å². The lowest BCUT2D eigenvalue weighted by Crippen LogP contribution is -2.41. The van der Waals surface area contributed by atoms with E-state index in [1.54, 1.807) is 5.32 Å². The first-order chi connectivity index (χ1) is 9.41. The summed E-state index contributed by atoms with van der Waals surface area (Å²) in [5.41, 5.74) is 0.669. The van der Waals surface area contributed by atoms with Crippen LogP contribution >= 0.6 is 12.4 Å². The second kappa shape index (κ2) is 6.95. The van der Waals surface area contributed by atoms with Crippen LogP contribution in [0.15, 0.2) is 18.2 Å². The summed E-state index contributed by atoms with van der Waals surface area (Å²) >= 11 is 0. The summed E-state index contributed by atoms with van der Waals surface area (Å²) in [5, 5.41) is 4.81. The number of benzene rings is 1. The molecule has 0 fully saturated rings. The molecule has 2 rings (SSSR count). The van der Waals surface area contributed by atoms with Gasteiger partial charge in [0.05, 0.1) is 0 Å². The lowest BCUT2D eigenvalue weighted by atomic mass is 10.1. The molecule has 9 heteroatoms. The molecule has 1 heterocycles. The van der Waals surface area contributed by atoms with E-state index in [0.29, 0.717) is 31.0 Å². The standard InChI is InChI=1S/C12H12F4N2O2.ClH/c13-10(14)12(15,16)11(19)18-8-1-2-9-7(5-8)6-17-3-4-20-9;/h1-2,5,10,17H,3-4,6H2,(H,18,19);1H. The number of hydrogen-bond donors (Lipinski definition) is 2. The Balaban J connectivity index is 0.00000220. The van der Waals surface area contributed by atoms with Crippen LogP contribution < -0.4 is 15.4 Å². The second-order valence-corrected chi connectivity index (χ2v) is 4.23. The third-order valence-corrected chi connectivity index (χ3v) is 2.75. The highest BCUT2D eigenvalue weighted by molar-refractivity contribution is 5.96. The van der Waals surface area contributed by atoms with Gasteiger partial charge in [-0.25, -0.2) is 8.78 Å². The minimum atomic E-state index is -4.72. The molecule has 4 nitrogen and oxygen atoms in total. The van der Waals surface area contributed by atoms with Crippen LogP contribution in [0.1, 0.15) is 5.56 Å². The number of fused-ring (bicyclic) bond motifs is 1. The molecule has 0 saturated heterocycles. The maximum absolute atomic E-state index is 12.8. The zero-order valence-corrected chi connectivity index (χ0v) is 11.5. The Morgan fingerprint density at radius 1 is 1.38 bits per heavy atom. The van der Waals surface area contributed by atoms with Gasteiger partial charge in [0.25, 0.3) is 0 Å². The second-order valence-electron chi connectivity index (χ2n) is 4.23. The molecule has 1 aromatic carbocycles. The van der Waals surface area contributed by atoms with Crippen LogP contribution in [0.25, 0.3) is 0 Å². The molecule has 0 atom stereocenters. The molecule has 1 aliphatic heterocycles. The first kappa shape index (κ1) is 17.5.